The summed E-state index contributed by atoms with van der Waals surface area (Å²) in [6.45, 7) is 6.45. The summed E-state index contributed by atoms with van der Waals surface area (Å²) in [5.74, 6) is 0. The molecule has 0 spiro atoms. The van der Waals surface area contributed by atoms with Gasteiger partial charge in [0.25, 0.3) is 0 Å². The fourth-order valence-electron chi connectivity index (χ4n) is 6.67. The van der Waals surface area contributed by atoms with Gasteiger partial charge in [-0.05, 0) is 110 Å². The second kappa shape index (κ2) is 9.93. The zero-order valence-corrected chi connectivity index (χ0v) is 24.6. The number of pyridine rings is 1. The highest BCUT2D eigenvalue weighted by Gasteiger charge is 2.20. The number of nitrogens with zero attached hydrogens (tertiary/aromatic N) is 1. The van der Waals surface area contributed by atoms with Crippen LogP contribution < -0.4 is 0 Å². The molecule has 1 heteroatoms. The summed E-state index contributed by atoms with van der Waals surface area (Å²) in [7, 11) is 0. The van der Waals surface area contributed by atoms with Crippen LogP contribution in [0.15, 0.2) is 134 Å². The van der Waals surface area contributed by atoms with Gasteiger partial charge >= 0.3 is 0 Å². The van der Waals surface area contributed by atoms with Crippen molar-refractivity contribution in [2.45, 2.75) is 20.8 Å². The van der Waals surface area contributed by atoms with Crippen molar-refractivity contribution >= 4 is 32.3 Å². The molecule has 0 bridgehead atoms. The molecule has 7 aromatic carbocycles. The quantitative estimate of drug-likeness (QED) is 0.199. The summed E-state index contributed by atoms with van der Waals surface area (Å²) in [6, 6.07) is 45.2. The Kier molecular flexibility index (Phi) is 5.87. The normalized spacial score (nSPS) is 11.6. The number of benzene rings is 7. The summed E-state index contributed by atoms with van der Waals surface area (Å²) >= 11 is 0. The molecule has 204 valence electrons. The largest absolute Gasteiger partial charge is 0.264 e. The van der Waals surface area contributed by atoms with Crippen LogP contribution >= 0.6 is 0 Å². The van der Waals surface area contributed by atoms with Crippen molar-refractivity contribution in [2.24, 2.45) is 0 Å². The number of rotatable bonds is 4. The first-order chi connectivity index (χ1) is 21.0. The standard InChI is InChI=1S/C42H31N/c1-26-6-12-29(13-7-26)37-23-38(30-14-8-27(2)9-15-30)34-20-21-36-40(32-5-4-22-43-25-32)24-39(31-16-10-28(3)11-17-31)35-19-18-33(37)41(34)42(35)36/h4-25H,1-3H3. The van der Waals surface area contributed by atoms with Gasteiger partial charge in [-0.15, -0.1) is 0 Å². The minimum atomic E-state index is 1.13. The molecule has 0 unspecified atom stereocenters. The third kappa shape index (κ3) is 4.20. The van der Waals surface area contributed by atoms with Crippen molar-refractivity contribution in [1.82, 2.24) is 4.98 Å². The van der Waals surface area contributed by atoms with E-state index >= 15 is 0 Å². The second-order valence-electron chi connectivity index (χ2n) is 11.9. The van der Waals surface area contributed by atoms with Crippen molar-refractivity contribution < 1.29 is 0 Å². The second-order valence-corrected chi connectivity index (χ2v) is 11.9. The van der Waals surface area contributed by atoms with Crippen LogP contribution in [0.2, 0.25) is 0 Å². The fourth-order valence-corrected chi connectivity index (χ4v) is 6.67. The van der Waals surface area contributed by atoms with E-state index in [9.17, 15) is 0 Å². The number of aromatic nitrogens is 1. The van der Waals surface area contributed by atoms with Gasteiger partial charge in [-0.3, -0.25) is 4.98 Å². The SMILES string of the molecule is Cc1ccc(-c2cc(-c3ccc(C)cc3)c3ccc4c(-c5cccnc5)cc(-c5ccc(C)cc5)c5ccc2c3c54)cc1. The first kappa shape index (κ1) is 25.4. The summed E-state index contributed by atoms with van der Waals surface area (Å²) in [6.07, 6.45) is 3.84. The van der Waals surface area contributed by atoms with Gasteiger partial charge in [-0.1, -0.05) is 120 Å². The maximum Gasteiger partial charge on any atom is 0.0346 e. The molecule has 1 heterocycles. The van der Waals surface area contributed by atoms with E-state index in [1.54, 1.807) is 0 Å². The molecular weight excluding hydrogens is 518 g/mol. The molecule has 0 saturated carbocycles. The van der Waals surface area contributed by atoms with Crippen LogP contribution in [-0.2, 0) is 0 Å². The van der Waals surface area contributed by atoms with Gasteiger partial charge in [-0.25, -0.2) is 0 Å². The van der Waals surface area contributed by atoms with Crippen LogP contribution in [0.3, 0.4) is 0 Å². The smallest absolute Gasteiger partial charge is 0.0346 e. The molecule has 1 nitrogen and oxygen atoms in total. The Morgan fingerprint density at radius 2 is 0.721 bits per heavy atom. The van der Waals surface area contributed by atoms with Crippen LogP contribution in [0.4, 0.5) is 0 Å². The summed E-state index contributed by atoms with van der Waals surface area (Å²) < 4.78 is 0. The van der Waals surface area contributed by atoms with Crippen molar-refractivity contribution in [3.63, 3.8) is 0 Å². The summed E-state index contributed by atoms with van der Waals surface area (Å²) in [5, 5.41) is 7.74. The molecule has 43 heavy (non-hydrogen) atoms. The predicted molar refractivity (Wildman–Crippen MR) is 184 cm³/mol. The Bertz CT molecular complexity index is 2190. The average molecular weight is 550 g/mol. The van der Waals surface area contributed by atoms with Gasteiger partial charge in [-0.2, -0.15) is 0 Å². The van der Waals surface area contributed by atoms with E-state index in [1.165, 1.54) is 88.0 Å². The van der Waals surface area contributed by atoms with Gasteiger partial charge < -0.3 is 0 Å². The molecule has 0 amide bonds. The lowest BCUT2D eigenvalue weighted by molar-refractivity contribution is 1.33. The highest BCUT2D eigenvalue weighted by Crippen LogP contribution is 2.48. The van der Waals surface area contributed by atoms with Gasteiger partial charge in [0, 0.05) is 18.0 Å². The Morgan fingerprint density at radius 3 is 1.05 bits per heavy atom. The molecular formula is C42H31N. The van der Waals surface area contributed by atoms with Crippen LogP contribution in [-0.4, -0.2) is 4.98 Å². The van der Waals surface area contributed by atoms with E-state index in [0.717, 1.165) is 5.56 Å². The van der Waals surface area contributed by atoms with Crippen LogP contribution in [0.1, 0.15) is 16.7 Å². The van der Waals surface area contributed by atoms with Crippen LogP contribution in [0, 0.1) is 20.8 Å². The van der Waals surface area contributed by atoms with E-state index in [-0.39, 0.29) is 0 Å². The minimum absolute atomic E-state index is 1.13. The molecule has 0 aliphatic carbocycles. The molecule has 0 saturated heterocycles. The molecule has 0 N–H and O–H groups in total. The predicted octanol–water partition coefficient (Wildman–Crippen LogP) is 11.6. The molecule has 0 radical (unpaired) electrons. The molecule has 0 atom stereocenters. The third-order valence-corrected chi connectivity index (χ3v) is 8.96. The van der Waals surface area contributed by atoms with Gasteiger partial charge in [0.2, 0.25) is 0 Å². The topological polar surface area (TPSA) is 12.9 Å². The Morgan fingerprint density at radius 1 is 0.372 bits per heavy atom. The number of hydrogen-bond donors (Lipinski definition) is 0. The molecule has 0 fully saturated rings. The molecule has 8 aromatic rings. The Balaban J connectivity index is 1.57. The van der Waals surface area contributed by atoms with Crippen molar-refractivity contribution in [3.05, 3.63) is 150 Å². The number of hydrogen-bond acceptors (Lipinski definition) is 1. The van der Waals surface area contributed by atoms with Crippen molar-refractivity contribution in [1.29, 1.82) is 0 Å². The highest BCUT2D eigenvalue weighted by atomic mass is 14.6. The zero-order valence-electron chi connectivity index (χ0n) is 24.6. The van der Waals surface area contributed by atoms with Crippen LogP contribution in [0.25, 0.3) is 76.8 Å². The lowest BCUT2D eigenvalue weighted by Gasteiger charge is -2.21. The van der Waals surface area contributed by atoms with Crippen molar-refractivity contribution in [2.75, 3.05) is 0 Å². The van der Waals surface area contributed by atoms with Gasteiger partial charge in [0.05, 0.1) is 0 Å². The summed E-state index contributed by atoms with van der Waals surface area (Å²) in [4.78, 5) is 4.51. The first-order valence-corrected chi connectivity index (χ1v) is 15.0. The van der Waals surface area contributed by atoms with E-state index in [0.29, 0.717) is 0 Å². The number of aryl methyl sites for hydroxylation is 3. The summed E-state index contributed by atoms with van der Waals surface area (Å²) in [5.41, 5.74) is 13.6. The maximum absolute atomic E-state index is 4.51. The zero-order chi connectivity index (χ0) is 29.1. The molecule has 0 aliphatic heterocycles. The lowest BCUT2D eigenvalue weighted by atomic mass is 9.82. The van der Waals surface area contributed by atoms with E-state index < -0.39 is 0 Å². The van der Waals surface area contributed by atoms with Gasteiger partial charge in [0.15, 0.2) is 0 Å². The lowest BCUT2D eigenvalue weighted by Crippen LogP contribution is -1.94. The molecule has 0 aliphatic rings. The highest BCUT2D eigenvalue weighted by molar-refractivity contribution is 6.31. The fraction of sp³-hybridized carbons (Fsp3) is 0.0714. The molecule has 8 rings (SSSR count). The molecule has 1 aromatic heterocycles. The Hall–Kier alpha value is -5.27. The van der Waals surface area contributed by atoms with Gasteiger partial charge in [0.1, 0.15) is 0 Å². The van der Waals surface area contributed by atoms with E-state index in [2.05, 4.69) is 141 Å². The van der Waals surface area contributed by atoms with Crippen LogP contribution in [0.5, 0.6) is 0 Å². The monoisotopic (exact) mass is 549 g/mol. The minimum Gasteiger partial charge on any atom is -0.264 e. The average Bonchev–Trinajstić information content (AvgIpc) is 3.05. The van der Waals surface area contributed by atoms with E-state index in [1.807, 2.05) is 18.5 Å². The Labute approximate surface area is 252 Å². The van der Waals surface area contributed by atoms with Crippen molar-refractivity contribution in [3.8, 4) is 44.5 Å². The first-order valence-electron chi connectivity index (χ1n) is 15.0. The third-order valence-electron chi connectivity index (χ3n) is 8.96. The maximum atomic E-state index is 4.51. The van der Waals surface area contributed by atoms with E-state index in [4.69, 9.17) is 0 Å².